The van der Waals surface area contributed by atoms with Crippen LogP contribution in [0.25, 0.3) is 0 Å². The first-order valence-electron chi connectivity index (χ1n) is 8.97. The molecule has 0 radical (unpaired) electrons. The Kier molecular flexibility index (Phi) is 6.48. The molecule has 0 atom stereocenters. The van der Waals surface area contributed by atoms with Crippen LogP contribution in [0.3, 0.4) is 0 Å². The van der Waals surface area contributed by atoms with E-state index in [9.17, 15) is 18.0 Å². The van der Waals surface area contributed by atoms with Crippen molar-refractivity contribution in [3.8, 4) is 11.5 Å². The van der Waals surface area contributed by atoms with E-state index in [4.69, 9.17) is 14.2 Å². The van der Waals surface area contributed by atoms with Gasteiger partial charge in [-0.2, -0.15) is 13.2 Å². The van der Waals surface area contributed by atoms with Crippen molar-refractivity contribution in [2.75, 3.05) is 50.2 Å². The van der Waals surface area contributed by atoms with Gasteiger partial charge in [0, 0.05) is 19.2 Å². The molecule has 1 aliphatic heterocycles. The van der Waals surface area contributed by atoms with Gasteiger partial charge >= 0.3 is 6.18 Å². The van der Waals surface area contributed by atoms with Crippen LogP contribution in [0.4, 0.5) is 24.5 Å². The Balaban J connectivity index is 1.75. The third kappa shape index (κ3) is 5.54. The lowest BCUT2D eigenvalue weighted by atomic mass is 10.1. The van der Waals surface area contributed by atoms with Crippen molar-refractivity contribution in [1.82, 2.24) is 0 Å². The van der Waals surface area contributed by atoms with Crippen molar-refractivity contribution in [3.05, 3.63) is 48.0 Å². The Bertz CT molecular complexity index is 852. The first kappa shape index (κ1) is 20.8. The zero-order valence-electron chi connectivity index (χ0n) is 15.8. The smallest absolute Gasteiger partial charge is 0.416 e. The largest absolute Gasteiger partial charge is 0.497 e. The summed E-state index contributed by atoms with van der Waals surface area (Å²) in [5, 5.41) is 2.54. The van der Waals surface area contributed by atoms with Crippen LogP contribution in [0.2, 0.25) is 0 Å². The van der Waals surface area contributed by atoms with Gasteiger partial charge in [-0.15, -0.1) is 0 Å². The highest BCUT2D eigenvalue weighted by molar-refractivity contribution is 5.95. The van der Waals surface area contributed by atoms with E-state index in [-0.39, 0.29) is 12.3 Å². The summed E-state index contributed by atoms with van der Waals surface area (Å²) < 4.78 is 55.2. The molecule has 0 unspecified atom stereocenters. The zero-order chi connectivity index (χ0) is 20.9. The van der Waals surface area contributed by atoms with Crippen molar-refractivity contribution in [2.24, 2.45) is 0 Å². The average molecular weight is 410 g/mol. The summed E-state index contributed by atoms with van der Waals surface area (Å²) in [6.07, 6.45) is -4.51. The van der Waals surface area contributed by atoms with Crippen molar-refractivity contribution >= 4 is 17.3 Å². The van der Waals surface area contributed by atoms with E-state index >= 15 is 0 Å². The number of hydrogen-bond donors (Lipinski definition) is 1. The number of carbonyl (C=O) groups is 1. The summed E-state index contributed by atoms with van der Waals surface area (Å²) in [5.41, 5.74) is -0.240. The second-order valence-corrected chi connectivity index (χ2v) is 6.34. The maximum atomic E-state index is 13.1. The topological polar surface area (TPSA) is 60.0 Å². The highest BCUT2D eigenvalue weighted by atomic mass is 19.4. The number of ether oxygens (including phenoxy) is 3. The molecular weight excluding hydrogens is 389 g/mol. The normalized spacial score (nSPS) is 14.4. The van der Waals surface area contributed by atoms with Gasteiger partial charge < -0.3 is 24.4 Å². The number of rotatable bonds is 6. The summed E-state index contributed by atoms with van der Waals surface area (Å²) in [5.74, 6) is 0.411. The molecule has 1 heterocycles. The lowest BCUT2D eigenvalue weighted by Gasteiger charge is -2.31. The SMILES string of the molecule is COc1cccc(OCC(=O)Nc2cc(C(F)(F)F)ccc2N2CCOCC2)c1. The molecule has 156 valence electrons. The fourth-order valence-corrected chi connectivity index (χ4v) is 2.92. The molecule has 1 fully saturated rings. The predicted octanol–water partition coefficient (Wildman–Crippen LogP) is 3.57. The Morgan fingerprint density at radius 1 is 1.14 bits per heavy atom. The molecule has 3 rings (SSSR count). The number of amides is 1. The van der Waals surface area contributed by atoms with Crippen LogP contribution in [0, 0.1) is 0 Å². The molecule has 29 heavy (non-hydrogen) atoms. The van der Waals surface area contributed by atoms with E-state index in [1.165, 1.54) is 13.2 Å². The molecule has 1 saturated heterocycles. The van der Waals surface area contributed by atoms with E-state index in [1.807, 2.05) is 4.90 Å². The minimum Gasteiger partial charge on any atom is -0.497 e. The summed E-state index contributed by atoms with van der Waals surface area (Å²) in [7, 11) is 1.51. The minimum atomic E-state index is -4.51. The number of methoxy groups -OCH3 is 1. The third-order valence-corrected chi connectivity index (χ3v) is 4.36. The standard InChI is InChI=1S/C20H21F3N2O4/c1-27-15-3-2-4-16(12-15)29-13-19(26)24-17-11-14(20(21,22)23)5-6-18(17)25-7-9-28-10-8-25/h2-6,11-12H,7-10,13H2,1H3,(H,24,26). The molecular formula is C20H21F3N2O4. The molecule has 1 aliphatic rings. The summed E-state index contributed by atoms with van der Waals surface area (Å²) in [6, 6.07) is 10.0. The molecule has 6 nitrogen and oxygen atoms in total. The zero-order valence-corrected chi connectivity index (χ0v) is 15.8. The maximum absolute atomic E-state index is 13.1. The first-order valence-corrected chi connectivity index (χ1v) is 8.97. The van der Waals surface area contributed by atoms with Crippen molar-refractivity contribution in [3.63, 3.8) is 0 Å². The molecule has 0 spiro atoms. The van der Waals surface area contributed by atoms with Gasteiger partial charge in [-0.1, -0.05) is 6.07 Å². The molecule has 2 aromatic rings. The monoisotopic (exact) mass is 410 g/mol. The van der Waals surface area contributed by atoms with Crippen molar-refractivity contribution in [1.29, 1.82) is 0 Å². The molecule has 0 bridgehead atoms. The molecule has 0 saturated carbocycles. The number of alkyl halides is 3. The number of carbonyl (C=O) groups excluding carboxylic acids is 1. The van der Waals surface area contributed by atoms with Crippen LogP contribution in [0.1, 0.15) is 5.56 Å². The maximum Gasteiger partial charge on any atom is 0.416 e. The lowest BCUT2D eigenvalue weighted by Crippen LogP contribution is -2.37. The lowest BCUT2D eigenvalue weighted by molar-refractivity contribution is -0.137. The van der Waals surface area contributed by atoms with Gasteiger partial charge in [0.2, 0.25) is 0 Å². The fourth-order valence-electron chi connectivity index (χ4n) is 2.92. The minimum absolute atomic E-state index is 0.0842. The van der Waals surface area contributed by atoms with E-state index in [1.54, 1.807) is 24.3 Å². The second kappa shape index (κ2) is 9.04. The van der Waals surface area contributed by atoms with Crippen LogP contribution in [0.15, 0.2) is 42.5 Å². The van der Waals surface area contributed by atoms with Crippen LogP contribution < -0.4 is 19.7 Å². The van der Waals surface area contributed by atoms with Gasteiger partial charge in [0.15, 0.2) is 6.61 Å². The number of morpholine rings is 1. The molecule has 2 aromatic carbocycles. The molecule has 1 N–H and O–H groups in total. The average Bonchev–Trinajstić information content (AvgIpc) is 2.72. The molecule has 0 aliphatic carbocycles. The third-order valence-electron chi connectivity index (χ3n) is 4.36. The number of benzene rings is 2. The summed E-state index contributed by atoms with van der Waals surface area (Å²) >= 11 is 0. The van der Waals surface area contributed by atoms with E-state index in [2.05, 4.69) is 5.32 Å². The fraction of sp³-hybridized carbons (Fsp3) is 0.350. The van der Waals surface area contributed by atoms with Gasteiger partial charge in [-0.25, -0.2) is 0 Å². The van der Waals surface area contributed by atoms with Crippen LogP contribution in [-0.4, -0.2) is 45.9 Å². The number of hydrogen-bond acceptors (Lipinski definition) is 5. The van der Waals surface area contributed by atoms with Gasteiger partial charge in [0.25, 0.3) is 5.91 Å². The van der Waals surface area contributed by atoms with Gasteiger partial charge in [-0.05, 0) is 30.3 Å². The van der Waals surface area contributed by atoms with Crippen LogP contribution in [-0.2, 0) is 15.7 Å². The summed E-state index contributed by atoms with van der Waals surface area (Å²) in [4.78, 5) is 14.2. The van der Waals surface area contributed by atoms with Gasteiger partial charge in [0.05, 0.1) is 37.3 Å². The Morgan fingerprint density at radius 3 is 2.55 bits per heavy atom. The predicted molar refractivity (Wildman–Crippen MR) is 102 cm³/mol. The molecule has 0 aromatic heterocycles. The number of nitrogens with zero attached hydrogens (tertiary/aromatic N) is 1. The summed E-state index contributed by atoms with van der Waals surface area (Å²) in [6.45, 7) is 1.62. The Hall–Kier alpha value is -2.94. The van der Waals surface area contributed by atoms with Crippen LogP contribution in [0.5, 0.6) is 11.5 Å². The highest BCUT2D eigenvalue weighted by Crippen LogP contribution is 2.35. The van der Waals surface area contributed by atoms with Crippen LogP contribution >= 0.6 is 0 Å². The van der Waals surface area contributed by atoms with E-state index < -0.39 is 17.6 Å². The number of anilines is 2. The number of halogens is 3. The highest BCUT2D eigenvalue weighted by Gasteiger charge is 2.32. The Labute approximate surface area is 166 Å². The number of nitrogens with one attached hydrogen (secondary N) is 1. The Morgan fingerprint density at radius 2 is 1.86 bits per heavy atom. The van der Waals surface area contributed by atoms with Crippen molar-refractivity contribution in [2.45, 2.75) is 6.18 Å². The molecule has 1 amide bonds. The first-order chi connectivity index (χ1) is 13.9. The quantitative estimate of drug-likeness (QED) is 0.789. The molecule has 9 heteroatoms. The van der Waals surface area contributed by atoms with Gasteiger partial charge in [-0.3, -0.25) is 4.79 Å². The second-order valence-electron chi connectivity index (χ2n) is 6.34. The van der Waals surface area contributed by atoms with E-state index in [0.717, 1.165) is 12.1 Å². The van der Waals surface area contributed by atoms with Crippen molar-refractivity contribution < 1.29 is 32.2 Å². The van der Waals surface area contributed by atoms with E-state index in [0.29, 0.717) is 43.5 Å². The van der Waals surface area contributed by atoms with Gasteiger partial charge in [0.1, 0.15) is 11.5 Å².